The van der Waals surface area contributed by atoms with E-state index in [1.807, 2.05) is 34.9 Å². The molecule has 1 aromatic rings. The minimum Gasteiger partial charge on any atom is -0.497 e. The van der Waals surface area contributed by atoms with Gasteiger partial charge in [0.1, 0.15) is 11.8 Å². The molecule has 1 N–H and O–H groups in total. The molecule has 0 aliphatic carbocycles. The van der Waals surface area contributed by atoms with Gasteiger partial charge < -0.3 is 19.9 Å². The zero-order valence-corrected chi connectivity index (χ0v) is 14.7. The van der Waals surface area contributed by atoms with Crippen molar-refractivity contribution in [2.24, 2.45) is 0 Å². The van der Waals surface area contributed by atoms with E-state index in [2.05, 4.69) is 5.32 Å². The summed E-state index contributed by atoms with van der Waals surface area (Å²) < 4.78 is 5.17. The van der Waals surface area contributed by atoms with E-state index in [4.69, 9.17) is 4.74 Å². The minimum absolute atomic E-state index is 0.0913. The number of carbonyl (C=O) groups is 2. The normalized spacial score (nSPS) is 20.8. The third kappa shape index (κ3) is 3.77. The van der Waals surface area contributed by atoms with Crippen molar-refractivity contribution in [3.8, 4) is 5.75 Å². The number of nitrogens with one attached hydrogen (secondary N) is 1. The van der Waals surface area contributed by atoms with Crippen LogP contribution in [-0.4, -0.2) is 66.0 Å². The second-order valence-corrected chi connectivity index (χ2v) is 7.18. The number of hydrogen-bond donors (Lipinski definition) is 1. The molecule has 130 valence electrons. The number of methoxy groups -OCH3 is 1. The maximum Gasteiger partial charge on any atom is 0.322 e. The van der Waals surface area contributed by atoms with Crippen molar-refractivity contribution in [2.45, 2.75) is 18.9 Å². The topological polar surface area (TPSA) is 61.9 Å². The summed E-state index contributed by atoms with van der Waals surface area (Å²) in [4.78, 5) is 28.9. The van der Waals surface area contributed by atoms with Crippen LogP contribution in [0.4, 0.5) is 10.5 Å². The van der Waals surface area contributed by atoms with Gasteiger partial charge in [-0.05, 0) is 25.0 Å². The summed E-state index contributed by atoms with van der Waals surface area (Å²) in [6.07, 6.45) is 1.61. The molecule has 2 aliphatic rings. The molecular weight excluding hydrogens is 326 g/mol. The number of anilines is 1. The third-order valence-corrected chi connectivity index (χ3v) is 5.38. The van der Waals surface area contributed by atoms with E-state index >= 15 is 0 Å². The van der Waals surface area contributed by atoms with E-state index in [0.717, 1.165) is 37.4 Å². The monoisotopic (exact) mass is 349 g/mol. The SMILES string of the molecule is COc1cccc(NC(=O)N2CCC[C@H]2C(=O)N2CCSCC2)c1. The smallest absolute Gasteiger partial charge is 0.322 e. The van der Waals surface area contributed by atoms with E-state index in [1.54, 1.807) is 18.1 Å². The van der Waals surface area contributed by atoms with Gasteiger partial charge in [-0.2, -0.15) is 11.8 Å². The Kier molecular flexibility index (Phi) is 5.50. The zero-order valence-electron chi connectivity index (χ0n) is 13.9. The highest BCUT2D eigenvalue weighted by molar-refractivity contribution is 7.99. The summed E-state index contributed by atoms with van der Waals surface area (Å²) in [5.74, 6) is 2.74. The molecule has 0 radical (unpaired) electrons. The Hall–Kier alpha value is -1.89. The molecule has 2 aliphatic heterocycles. The van der Waals surface area contributed by atoms with Gasteiger partial charge in [-0.25, -0.2) is 4.79 Å². The van der Waals surface area contributed by atoms with Gasteiger partial charge in [0.2, 0.25) is 5.91 Å². The molecule has 24 heavy (non-hydrogen) atoms. The molecular formula is C17H23N3O3S. The number of carbonyl (C=O) groups excluding carboxylic acids is 2. The molecule has 1 aromatic carbocycles. The summed E-state index contributed by atoms with van der Waals surface area (Å²) in [5, 5.41) is 2.88. The highest BCUT2D eigenvalue weighted by atomic mass is 32.2. The molecule has 3 rings (SSSR count). The van der Waals surface area contributed by atoms with Crippen molar-refractivity contribution in [1.82, 2.24) is 9.80 Å². The number of rotatable bonds is 3. The molecule has 2 fully saturated rings. The van der Waals surface area contributed by atoms with Crippen LogP contribution in [0, 0.1) is 0 Å². The molecule has 2 saturated heterocycles. The van der Waals surface area contributed by atoms with E-state index in [-0.39, 0.29) is 18.0 Å². The molecule has 0 spiro atoms. The van der Waals surface area contributed by atoms with Gasteiger partial charge in [0.15, 0.2) is 0 Å². The van der Waals surface area contributed by atoms with E-state index in [0.29, 0.717) is 18.0 Å². The summed E-state index contributed by atoms with van der Waals surface area (Å²) in [5.41, 5.74) is 0.673. The molecule has 0 unspecified atom stereocenters. The van der Waals surface area contributed by atoms with Crippen LogP contribution in [0.5, 0.6) is 5.75 Å². The predicted octanol–water partition coefficient (Wildman–Crippen LogP) is 2.27. The van der Waals surface area contributed by atoms with Crippen LogP contribution in [0.3, 0.4) is 0 Å². The van der Waals surface area contributed by atoms with Gasteiger partial charge in [0.05, 0.1) is 7.11 Å². The van der Waals surface area contributed by atoms with Crippen molar-refractivity contribution < 1.29 is 14.3 Å². The van der Waals surface area contributed by atoms with Gasteiger partial charge >= 0.3 is 6.03 Å². The largest absolute Gasteiger partial charge is 0.497 e. The number of benzene rings is 1. The number of amides is 3. The van der Waals surface area contributed by atoms with Crippen LogP contribution in [0.2, 0.25) is 0 Å². The van der Waals surface area contributed by atoms with Gasteiger partial charge in [-0.15, -0.1) is 0 Å². The fourth-order valence-electron chi connectivity index (χ4n) is 3.16. The zero-order chi connectivity index (χ0) is 16.9. The maximum atomic E-state index is 12.7. The second-order valence-electron chi connectivity index (χ2n) is 5.95. The second kappa shape index (κ2) is 7.79. The highest BCUT2D eigenvalue weighted by Crippen LogP contribution is 2.23. The molecule has 1 atom stereocenters. The standard InChI is InChI=1S/C17H23N3O3S/c1-23-14-5-2-4-13(12-14)18-17(22)20-7-3-6-15(20)16(21)19-8-10-24-11-9-19/h2,4-5,12,15H,3,6-11H2,1H3,(H,18,22)/t15-/m0/s1. The lowest BCUT2D eigenvalue weighted by Crippen LogP contribution is -2.51. The van der Waals surface area contributed by atoms with E-state index < -0.39 is 0 Å². The Morgan fingerprint density at radius 1 is 1.25 bits per heavy atom. The Morgan fingerprint density at radius 3 is 2.79 bits per heavy atom. The van der Waals surface area contributed by atoms with Crippen molar-refractivity contribution in [3.63, 3.8) is 0 Å². The Balaban J connectivity index is 1.65. The van der Waals surface area contributed by atoms with Gasteiger partial charge in [-0.1, -0.05) is 6.07 Å². The molecule has 7 heteroatoms. The summed E-state index contributed by atoms with van der Waals surface area (Å²) in [6.45, 7) is 2.19. The molecule has 3 amide bonds. The van der Waals surface area contributed by atoms with Crippen LogP contribution in [0.25, 0.3) is 0 Å². The third-order valence-electron chi connectivity index (χ3n) is 4.44. The summed E-state index contributed by atoms with van der Waals surface area (Å²) >= 11 is 1.87. The van der Waals surface area contributed by atoms with Crippen molar-refractivity contribution in [2.75, 3.05) is 43.6 Å². The number of nitrogens with zero attached hydrogens (tertiary/aromatic N) is 2. The fourth-order valence-corrected chi connectivity index (χ4v) is 4.06. The first-order valence-corrected chi connectivity index (χ1v) is 9.43. The number of ether oxygens (including phenoxy) is 1. The van der Waals surface area contributed by atoms with Gasteiger partial charge in [0.25, 0.3) is 0 Å². The Morgan fingerprint density at radius 2 is 2.04 bits per heavy atom. The number of urea groups is 1. The lowest BCUT2D eigenvalue weighted by atomic mass is 10.2. The Labute approximate surface area is 146 Å². The van der Waals surface area contributed by atoms with Crippen LogP contribution in [0.1, 0.15) is 12.8 Å². The lowest BCUT2D eigenvalue weighted by Gasteiger charge is -2.32. The average Bonchev–Trinajstić information content (AvgIpc) is 3.12. The quantitative estimate of drug-likeness (QED) is 0.909. The molecule has 0 saturated carbocycles. The Bertz CT molecular complexity index is 604. The van der Waals surface area contributed by atoms with Crippen LogP contribution in [-0.2, 0) is 4.79 Å². The summed E-state index contributed by atoms with van der Waals surface area (Å²) in [7, 11) is 1.59. The predicted molar refractivity (Wildman–Crippen MR) is 95.6 cm³/mol. The van der Waals surface area contributed by atoms with Crippen LogP contribution in [0.15, 0.2) is 24.3 Å². The first kappa shape index (κ1) is 17.0. The fraction of sp³-hybridized carbons (Fsp3) is 0.529. The van der Waals surface area contributed by atoms with E-state index in [1.165, 1.54) is 0 Å². The minimum atomic E-state index is -0.335. The molecule has 2 heterocycles. The van der Waals surface area contributed by atoms with Gasteiger partial charge in [0, 0.05) is 42.9 Å². The molecule has 6 nitrogen and oxygen atoms in total. The average molecular weight is 349 g/mol. The molecule has 0 bridgehead atoms. The first-order chi connectivity index (χ1) is 11.7. The van der Waals surface area contributed by atoms with Crippen LogP contribution < -0.4 is 10.1 Å². The lowest BCUT2D eigenvalue weighted by molar-refractivity contribution is -0.134. The number of likely N-dealkylation sites (tertiary alicyclic amines) is 1. The van der Waals surface area contributed by atoms with Crippen molar-refractivity contribution >= 4 is 29.4 Å². The molecule has 0 aromatic heterocycles. The first-order valence-electron chi connectivity index (χ1n) is 8.27. The highest BCUT2D eigenvalue weighted by Gasteiger charge is 2.36. The van der Waals surface area contributed by atoms with E-state index in [9.17, 15) is 9.59 Å². The van der Waals surface area contributed by atoms with Crippen molar-refractivity contribution in [3.05, 3.63) is 24.3 Å². The van der Waals surface area contributed by atoms with Crippen molar-refractivity contribution in [1.29, 1.82) is 0 Å². The van der Waals surface area contributed by atoms with Gasteiger partial charge in [-0.3, -0.25) is 4.79 Å². The van der Waals surface area contributed by atoms with Crippen LogP contribution >= 0.6 is 11.8 Å². The summed E-state index contributed by atoms with van der Waals surface area (Å²) in [6, 6.07) is 6.68. The number of hydrogen-bond acceptors (Lipinski definition) is 4. The number of thioether (sulfide) groups is 1. The maximum absolute atomic E-state index is 12.7.